The quantitative estimate of drug-likeness (QED) is 0.555. The molecular formula is C12H12N2O5. The van der Waals surface area contributed by atoms with Gasteiger partial charge in [0.25, 0.3) is 5.56 Å². The maximum atomic E-state index is 11.6. The number of hydrogen-bond acceptors (Lipinski definition) is 5. The summed E-state index contributed by atoms with van der Waals surface area (Å²) < 4.78 is 6.35. The lowest BCUT2D eigenvalue weighted by molar-refractivity contribution is -0.0297. The summed E-state index contributed by atoms with van der Waals surface area (Å²) in [5, 5.41) is 19.6. The van der Waals surface area contributed by atoms with E-state index in [1.165, 1.54) is 18.3 Å². The molecule has 7 heteroatoms. The van der Waals surface area contributed by atoms with E-state index in [4.69, 9.17) is 11.2 Å². The van der Waals surface area contributed by atoms with Crippen molar-refractivity contribution < 1.29 is 14.9 Å². The van der Waals surface area contributed by atoms with Gasteiger partial charge in [0, 0.05) is 12.3 Å². The molecule has 4 atom stereocenters. The van der Waals surface area contributed by atoms with Gasteiger partial charge in [-0.05, 0) is 12.2 Å². The van der Waals surface area contributed by atoms with E-state index < -0.39 is 35.8 Å². The van der Waals surface area contributed by atoms with Crippen molar-refractivity contribution in [3.63, 3.8) is 0 Å². The third kappa shape index (κ3) is 2.51. The van der Waals surface area contributed by atoms with Crippen molar-refractivity contribution in [2.45, 2.75) is 24.5 Å². The number of rotatable bonds is 2. The molecule has 0 aliphatic carbocycles. The van der Waals surface area contributed by atoms with Gasteiger partial charge in [-0.25, -0.2) is 4.79 Å². The highest BCUT2D eigenvalue weighted by molar-refractivity contribution is 5.13. The zero-order valence-electron chi connectivity index (χ0n) is 9.76. The predicted molar refractivity (Wildman–Crippen MR) is 65.2 cm³/mol. The third-order valence-electron chi connectivity index (χ3n) is 2.78. The standard InChI is InChI=1S/C12H12N2O5/c1-2-3-4-7-9(16)10(17)11(19-7)14-6-5-8(15)13-12(14)18/h1,3-7,9-11,16-17H,(H,13,15,18)/b4-3+/t7-,9-,10-,11-/m1/s1. The SMILES string of the molecule is C#C/C=C/[C@H]1O[C@@H](n2ccc(=O)[nH]c2=O)[C@H](O)[C@@H]1O. The average molecular weight is 264 g/mol. The van der Waals surface area contributed by atoms with Gasteiger partial charge >= 0.3 is 5.69 Å². The number of terminal acetylenes is 1. The molecule has 0 bridgehead atoms. The number of ether oxygens (including phenoxy) is 1. The van der Waals surface area contributed by atoms with Crippen LogP contribution in [0, 0.1) is 12.3 Å². The van der Waals surface area contributed by atoms with Gasteiger partial charge in [0.15, 0.2) is 6.23 Å². The summed E-state index contributed by atoms with van der Waals surface area (Å²) in [7, 11) is 0. The van der Waals surface area contributed by atoms with Crippen LogP contribution in [0.1, 0.15) is 6.23 Å². The van der Waals surface area contributed by atoms with Gasteiger partial charge in [-0.15, -0.1) is 6.42 Å². The molecule has 0 aromatic carbocycles. The van der Waals surface area contributed by atoms with Crippen LogP contribution >= 0.6 is 0 Å². The zero-order valence-corrected chi connectivity index (χ0v) is 9.76. The Balaban J connectivity index is 2.32. The van der Waals surface area contributed by atoms with Crippen molar-refractivity contribution in [2.24, 2.45) is 0 Å². The summed E-state index contributed by atoms with van der Waals surface area (Å²) in [6.45, 7) is 0. The van der Waals surface area contributed by atoms with E-state index in [9.17, 15) is 19.8 Å². The molecule has 0 spiro atoms. The van der Waals surface area contributed by atoms with E-state index in [2.05, 4.69) is 5.92 Å². The van der Waals surface area contributed by atoms with E-state index in [0.717, 1.165) is 10.6 Å². The first-order valence-corrected chi connectivity index (χ1v) is 5.50. The number of aliphatic hydroxyl groups is 2. The fourth-order valence-corrected chi connectivity index (χ4v) is 1.85. The molecule has 0 unspecified atom stereocenters. The van der Waals surface area contributed by atoms with Crippen LogP contribution in [-0.4, -0.2) is 38.1 Å². The maximum Gasteiger partial charge on any atom is 0.330 e. The van der Waals surface area contributed by atoms with Crippen LogP contribution in [0.25, 0.3) is 0 Å². The molecule has 1 aromatic heterocycles. The van der Waals surface area contributed by atoms with Gasteiger partial charge in [-0.3, -0.25) is 14.3 Å². The Labute approximate surface area is 107 Å². The molecule has 1 aromatic rings. The Morgan fingerprint density at radius 1 is 1.42 bits per heavy atom. The van der Waals surface area contributed by atoms with Crippen molar-refractivity contribution in [3.05, 3.63) is 45.3 Å². The van der Waals surface area contributed by atoms with Crippen LogP contribution in [0.5, 0.6) is 0 Å². The molecule has 0 saturated carbocycles. The first-order chi connectivity index (χ1) is 9.04. The Morgan fingerprint density at radius 3 is 2.79 bits per heavy atom. The predicted octanol–water partition coefficient (Wildman–Crippen LogP) is -1.65. The minimum Gasteiger partial charge on any atom is -0.387 e. The molecule has 100 valence electrons. The molecule has 3 N–H and O–H groups in total. The second-order valence-corrected chi connectivity index (χ2v) is 4.02. The Morgan fingerprint density at radius 2 is 2.16 bits per heavy atom. The normalized spacial score (nSPS) is 30.6. The van der Waals surface area contributed by atoms with Crippen molar-refractivity contribution in [3.8, 4) is 12.3 Å². The average Bonchev–Trinajstić information content (AvgIpc) is 2.64. The molecule has 1 aliphatic rings. The monoisotopic (exact) mass is 264 g/mol. The number of allylic oxidation sites excluding steroid dienone is 1. The van der Waals surface area contributed by atoms with Crippen LogP contribution in [0.2, 0.25) is 0 Å². The van der Waals surface area contributed by atoms with Gasteiger partial charge in [0.05, 0.1) is 0 Å². The number of H-pyrrole nitrogens is 1. The van der Waals surface area contributed by atoms with Gasteiger partial charge in [0.2, 0.25) is 0 Å². The molecule has 2 heterocycles. The molecule has 2 rings (SSSR count). The highest BCUT2D eigenvalue weighted by Crippen LogP contribution is 2.28. The van der Waals surface area contributed by atoms with Crippen molar-refractivity contribution in [1.29, 1.82) is 0 Å². The van der Waals surface area contributed by atoms with Crippen molar-refractivity contribution in [2.75, 3.05) is 0 Å². The van der Waals surface area contributed by atoms with E-state index in [1.807, 2.05) is 4.98 Å². The maximum absolute atomic E-state index is 11.6. The minimum absolute atomic E-state index is 0.557. The fraction of sp³-hybridized carbons (Fsp3) is 0.333. The fourth-order valence-electron chi connectivity index (χ4n) is 1.85. The largest absolute Gasteiger partial charge is 0.387 e. The minimum atomic E-state index is -1.31. The van der Waals surface area contributed by atoms with Crippen LogP contribution < -0.4 is 11.2 Å². The van der Waals surface area contributed by atoms with Crippen LogP contribution in [-0.2, 0) is 4.74 Å². The number of nitrogens with one attached hydrogen (secondary N) is 1. The van der Waals surface area contributed by atoms with E-state index in [0.29, 0.717) is 0 Å². The highest BCUT2D eigenvalue weighted by Gasteiger charge is 2.42. The number of hydrogen-bond donors (Lipinski definition) is 3. The highest BCUT2D eigenvalue weighted by atomic mass is 16.6. The molecule has 1 saturated heterocycles. The van der Waals surface area contributed by atoms with Crippen LogP contribution in [0.3, 0.4) is 0 Å². The van der Waals surface area contributed by atoms with Gasteiger partial charge in [-0.2, -0.15) is 0 Å². The van der Waals surface area contributed by atoms with Gasteiger partial charge < -0.3 is 14.9 Å². The summed E-state index contributed by atoms with van der Waals surface area (Å²) in [6, 6.07) is 1.12. The third-order valence-corrected chi connectivity index (χ3v) is 2.78. The summed E-state index contributed by atoms with van der Waals surface area (Å²) in [5.74, 6) is 2.23. The molecule has 1 fully saturated rings. The number of aromatic amines is 1. The lowest BCUT2D eigenvalue weighted by atomic mass is 10.1. The number of aliphatic hydroxyl groups excluding tert-OH is 2. The first-order valence-electron chi connectivity index (χ1n) is 5.50. The summed E-state index contributed by atoms with van der Waals surface area (Å²) in [6.07, 6.45) is 4.53. The lowest BCUT2D eigenvalue weighted by Gasteiger charge is -2.16. The van der Waals surface area contributed by atoms with E-state index in [-0.39, 0.29) is 0 Å². The molecule has 7 nitrogen and oxygen atoms in total. The smallest absolute Gasteiger partial charge is 0.330 e. The van der Waals surface area contributed by atoms with E-state index >= 15 is 0 Å². The Hall–Kier alpha value is -2.14. The molecule has 0 radical (unpaired) electrons. The second kappa shape index (κ2) is 5.24. The molecular weight excluding hydrogens is 252 g/mol. The van der Waals surface area contributed by atoms with Gasteiger partial charge in [0.1, 0.15) is 18.3 Å². The zero-order chi connectivity index (χ0) is 14.0. The number of nitrogens with zero attached hydrogens (tertiary/aromatic N) is 1. The summed E-state index contributed by atoms with van der Waals surface area (Å²) in [4.78, 5) is 24.6. The topological polar surface area (TPSA) is 105 Å². The Bertz CT molecular complexity index is 639. The first kappa shape index (κ1) is 13.3. The van der Waals surface area contributed by atoms with Crippen LogP contribution in [0.4, 0.5) is 0 Å². The molecule has 0 amide bonds. The van der Waals surface area contributed by atoms with Crippen molar-refractivity contribution in [1.82, 2.24) is 9.55 Å². The van der Waals surface area contributed by atoms with Gasteiger partial charge in [-0.1, -0.05) is 5.92 Å². The number of aromatic nitrogens is 2. The van der Waals surface area contributed by atoms with E-state index in [1.54, 1.807) is 0 Å². The summed E-state index contributed by atoms with van der Waals surface area (Å²) in [5.41, 5.74) is -1.29. The van der Waals surface area contributed by atoms with Crippen molar-refractivity contribution >= 4 is 0 Å². The van der Waals surface area contributed by atoms with Crippen LogP contribution in [0.15, 0.2) is 34.0 Å². The lowest BCUT2D eigenvalue weighted by Crippen LogP contribution is -2.37. The Kier molecular flexibility index (Phi) is 3.66. The second-order valence-electron chi connectivity index (χ2n) is 4.02. The molecule has 1 aliphatic heterocycles. The molecule has 19 heavy (non-hydrogen) atoms. The summed E-state index contributed by atoms with van der Waals surface area (Å²) >= 11 is 0.